The molecule has 0 aliphatic carbocycles. The number of nitrogens with one attached hydrogen (secondary N) is 2. The Bertz CT molecular complexity index is 717. The summed E-state index contributed by atoms with van der Waals surface area (Å²) in [7, 11) is -3.15. The Balaban J connectivity index is 1.79. The van der Waals surface area contributed by atoms with Crippen molar-refractivity contribution in [2.75, 3.05) is 18.1 Å². The maximum Gasteiger partial charge on any atom is 0.279 e. The van der Waals surface area contributed by atoms with Gasteiger partial charge in [0, 0.05) is 0 Å². The summed E-state index contributed by atoms with van der Waals surface area (Å²) >= 11 is 0. The molecule has 1 fully saturated rings. The van der Waals surface area contributed by atoms with Crippen molar-refractivity contribution in [3.05, 3.63) is 24.3 Å². The third-order valence-electron chi connectivity index (χ3n) is 3.73. The summed E-state index contributed by atoms with van der Waals surface area (Å²) in [5.41, 5.74) is 4.51. The fraction of sp³-hybridized carbons (Fsp3) is 0.500. The van der Waals surface area contributed by atoms with E-state index < -0.39 is 33.7 Å². The monoisotopic (exact) mass is 370 g/mol. The minimum absolute atomic E-state index is 0.00368. The summed E-state index contributed by atoms with van der Waals surface area (Å²) in [6.45, 7) is 3.98. The molecular weight excluding hydrogens is 348 g/mol. The largest absolute Gasteiger partial charge is 0.494 e. The second-order valence-electron chi connectivity index (χ2n) is 5.74. The van der Waals surface area contributed by atoms with E-state index >= 15 is 0 Å². The van der Waals surface area contributed by atoms with Crippen LogP contribution in [0.15, 0.2) is 24.3 Å². The Hall–Kier alpha value is -2.29. The smallest absolute Gasteiger partial charge is 0.279 e. The average molecular weight is 370 g/mol. The highest BCUT2D eigenvalue weighted by atomic mass is 32.2. The van der Waals surface area contributed by atoms with E-state index in [1.807, 2.05) is 6.92 Å². The van der Waals surface area contributed by atoms with Gasteiger partial charge in [-0.05, 0) is 44.5 Å². The highest BCUT2D eigenvalue weighted by molar-refractivity contribution is 7.91. The van der Waals surface area contributed by atoms with Gasteiger partial charge in [0.05, 0.1) is 24.0 Å². The van der Waals surface area contributed by atoms with Crippen LogP contribution in [-0.4, -0.2) is 44.4 Å². The summed E-state index contributed by atoms with van der Waals surface area (Å²) in [5.74, 6) is -0.688. The topological polar surface area (TPSA) is 111 Å². The molecule has 1 heterocycles. The van der Waals surface area contributed by atoms with E-state index in [2.05, 4.69) is 10.9 Å². The molecule has 0 unspecified atom stereocenters. The van der Waals surface area contributed by atoms with Crippen LogP contribution < -0.4 is 20.3 Å². The van der Waals surface area contributed by atoms with Gasteiger partial charge >= 0.3 is 0 Å². The van der Waals surface area contributed by atoms with Gasteiger partial charge in [-0.2, -0.15) is 0 Å². The molecule has 2 N–H and O–H groups in total. The van der Waals surface area contributed by atoms with Crippen molar-refractivity contribution < 1.29 is 27.5 Å². The highest BCUT2D eigenvalue weighted by Crippen LogP contribution is 2.19. The van der Waals surface area contributed by atoms with Crippen molar-refractivity contribution in [3.63, 3.8) is 0 Å². The number of amides is 2. The number of carbonyl (C=O) groups excluding carboxylic acids is 2. The Morgan fingerprint density at radius 2 is 1.84 bits per heavy atom. The molecular formula is C16H22N2O6S. The normalized spacial score (nSPS) is 19.7. The average Bonchev–Trinajstić information content (AvgIpc) is 2.94. The first kappa shape index (κ1) is 19.0. The molecule has 25 heavy (non-hydrogen) atoms. The third kappa shape index (κ3) is 5.63. The molecule has 1 aliphatic rings. The summed E-state index contributed by atoms with van der Waals surface area (Å²) in [5, 5.41) is 0. The fourth-order valence-electron chi connectivity index (χ4n) is 2.37. The predicted octanol–water partition coefficient (Wildman–Crippen LogP) is 0.435. The van der Waals surface area contributed by atoms with Crippen LogP contribution in [0.3, 0.4) is 0 Å². The maximum atomic E-state index is 12.0. The molecule has 1 aromatic rings. The quantitative estimate of drug-likeness (QED) is 0.703. The maximum absolute atomic E-state index is 12.0. The van der Waals surface area contributed by atoms with Crippen LogP contribution in [-0.2, 0) is 19.4 Å². The van der Waals surface area contributed by atoms with Crippen molar-refractivity contribution in [3.8, 4) is 11.5 Å². The molecule has 2 amide bonds. The van der Waals surface area contributed by atoms with Crippen LogP contribution in [0.1, 0.15) is 20.3 Å². The SMILES string of the molecule is CCOc1ccc(O[C@@H](C)C(=O)NNC(=O)[C@H]2CCS(=O)(=O)C2)cc1. The van der Waals surface area contributed by atoms with Gasteiger partial charge in [-0.25, -0.2) is 8.42 Å². The van der Waals surface area contributed by atoms with Gasteiger partial charge in [-0.15, -0.1) is 0 Å². The number of ether oxygens (including phenoxy) is 2. The summed E-state index contributed by atoms with van der Waals surface area (Å²) in [6.07, 6.45) is -0.576. The molecule has 1 saturated heterocycles. The number of hydrogen-bond acceptors (Lipinski definition) is 6. The van der Waals surface area contributed by atoms with Gasteiger partial charge in [0.1, 0.15) is 11.5 Å². The molecule has 9 heteroatoms. The summed E-state index contributed by atoms with van der Waals surface area (Å²) in [4.78, 5) is 23.8. The van der Waals surface area contributed by atoms with Gasteiger partial charge in [0.25, 0.3) is 5.91 Å². The zero-order chi connectivity index (χ0) is 18.4. The number of hydrazine groups is 1. The van der Waals surface area contributed by atoms with Crippen LogP contribution in [0.5, 0.6) is 11.5 Å². The molecule has 0 spiro atoms. The molecule has 2 rings (SSSR count). The minimum atomic E-state index is -3.15. The molecule has 0 bridgehead atoms. The second kappa shape index (κ2) is 8.19. The Morgan fingerprint density at radius 3 is 2.40 bits per heavy atom. The Morgan fingerprint density at radius 1 is 1.20 bits per heavy atom. The molecule has 1 aliphatic heterocycles. The van der Waals surface area contributed by atoms with Crippen molar-refractivity contribution >= 4 is 21.7 Å². The van der Waals surface area contributed by atoms with Crippen molar-refractivity contribution in [2.24, 2.45) is 5.92 Å². The number of carbonyl (C=O) groups is 2. The predicted molar refractivity (Wildman–Crippen MR) is 90.7 cm³/mol. The number of benzene rings is 1. The van der Waals surface area contributed by atoms with E-state index in [1.54, 1.807) is 24.3 Å². The first-order chi connectivity index (χ1) is 11.8. The Kier molecular flexibility index (Phi) is 6.24. The van der Waals surface area contributed by atoms with Crippen LogP contribution in [0.2, 0.25) is 0 Å². The molecule has 0 radical (unpaired) electrons. The highest BCUT2D eigenvalue weighted by Gasteiger charge is 2.33. The Labute approximate surface area is 146 Å². The first-order valence-corrected chi connectivity index (χ1v) is 9.82. The lowest BCUT2D eigenvalue weighted by Crippen LogP contribution is -2.49. The van der Waals surface area contributed by atoms with E-state index in [1.165, 1.54) is 6.92 Å². The van der Waals surface area contributed by atoms with Crippen LogP contribution in [0.4, 0.5) is 0 Å². The number of hydrogen-bond donors (Lipinski definition) is 2. The van der Waals surface area contributed by atoms with E-state index in [4.69, 9.17) is 9.47 Å². The molecule has 0 aromatic heterocycles. The summed E-state index contributed by atoms with van der Waals surface area (Å²) < 4.78 is 33.5. The zero-order valence-corrected chi connectivity index (χ0v) is 15.0. The van der Waals surface area contributed by atoms with Crippen molar-refractivity contribution in [2.45, 2.75) is 26.4 Å². The molecule has 0 saturated carbocycles. The summed E-state index contributed by atoms with van der Waals surface area (Å²) in [6, 6.07) is 6.81. The lowest BCUT2D eigenvalue weighted by Gasteiger charge is -2.16. The fourth-order valence-corrected chi connectivity index (χ4v) is 4.11. The van der Waals surface area contributed by atoms with E-state index in [0.29, 0.717) is 18.1 Å². The lowest BCUT2D eigenvalue weighted by atomic mass is 10.1. The molecule has 1 aromatic carbocycles. The van der Waals surface area contributed by atoms with Gasteiger partial charge in [-0.1, -0.05) is 0 Å². The van der Waals surface area contributed by atoms with Crippen LogP contribution >= 0.6 is 0 Å². The van der Waals surface area contributed by atoms with Crippen molar-refractivity contribution in [1.82, 2.24) is 10.9 Å². The number of rotatable bonds is 6. The van der Waals surface area contributed by atoms with Gasteiger partial charge < -0.3 is 9.47 Å². The first-order valence-electron chi connectivity index (χ1n) is 8.00. The van der Waals surface area contributed by atoms with E-state index in [0.717, 1.165) is 0 Å². The van der Waals surface area contributed by atoms with Gasteiger partial charge in [-0.3, -0.25) is 20.4 Å². The second-order valence-corrected chi connectivity index (χ2v) is 7.97. The zero-order valence-electron chi connectivity index (χ0n) is 14.2. The molecule has 8 nitrogen and oxygen atoms in total. The van der Waals surface area contributed by atoms with Gasteiger partial charge in [0.2, 0.25) is 5.91 Å². The molecule has 2 atom stereocenters. The number of sulfone groups is 1. The standard InChI is InChI=1S/C16H22N2O6S/c1-3-23-13-4-6-14(7-5-13)24-11(2)15(19)17-18-16(20)12-8-9-25(21,22)10-12/h4-7,11-12H,3,8-10H2,1-2H3,(H,17,19)(H,18,20)/t11-,12-/m0/s1. The van der Waals surface area contributed by atoms with E-state index in [9.17, 15) is 18.0 Å². The van der Waals surface area contributed by atoms with Crippen LogP contribution in [0, 0.1) is 5.92 Å². The lowest BCUT2D eigenvalue weighted by molar-refractivity contribution is -0.134. The molecule has 138 valence electrons. The van der Waals surface area contributed by atoms with E-state index in [-0.39, 0.29) is 17.9 Å². The van der Waals surface area contributed by atoms with Gasteiger partial charge in [0.15, 0.2) is 15.9 Å². The van der Waals surface area contributed by atoms with Crippen molar-refractivity contribution in [1.29, 1.82) is 0 Å². The minimum Gasteiger partial charge on any atom is -0.494 e. The third-order valence-corrected chi connectivity index (χ3v) is 5.50. The van der Waals surface area contributed by atoms with Crippen LogP contribution in [0.25, 0.3) is 0 Å².